The van der Waals surface area contributed by atoms with E-state index in [0.29, 0.717) is 0 Å². The summed E-state index contributed by atoms with van der Waals surface area (Å²) in [7, 11) is 0. The van der Waals surface area contributed by atoms with Gasteiger partial charge in [-0.15, -0.1) is 0 Å². The summed E-state index contributed by atoms with van der Waals surface area (Å²) in [5, 5.41) is 0. The van der Waals surface area contributed by atoms with Gasteiger partial charge >= 0.3 is 171 Å². The number of fused-ring (bicyclic) bond motifs is 3. The summed E-state index contributed by atoms with van der Waals surface area (Å²) in [6.45, 7) is 14.5. The van der Waals surface area contributed by atoms with Crippen molar-refractivity contribution < 1.29 is 47.2 Å². The zero-order chi connectivity index (χ0) is 18.6. The summed E-state index contributed by atoms with van der Waals surface area (Å²) in [5.41, 5.74) is 15.7. The second-order valence-electron chi connectivity index (χ2n) is 8.20. The summed E-state index contributed by atoms with van der Waals surface area (Å²) >= 11 is -0.494. The van der Waals surface area contributed by atoms with Crippen LogP contribution in [-0.4, -0.2) is 5.92 Å². The predicted octanol–water partition coefficient (Wildman–Crippen LogP) is -0.466. The summed E-state index contributed by atoms with van der Waals surface area (Å²) in [4.78, 5) is 0. The van der Waals surface area contributed by atoms with Gasteiger partial charge in [0.05, 0.1) is 0 Å². The molecule has 0 atom stereocenters. The molecule has 0 heterocycles. The van der Waals surface area contributed by atoms with Crippen LogP contribution in [0.2, 0.25) is 13.1 Å². The molecule has 2 aliphatic carbocycles. The number of rotatable bonds is 3. The van der Waals surface area contributed by atoms with E-state index in [1.54, 1.807) is 39.0 Å². The van der Waals surface area contributed by atoms with Crippen LogP contribution in [0.4, 0.5) is 0 Å². The maximum absolute atomic E-state index is 2.57. The molecular weight excluding hydrogens is 478 g/mol. The van der Waals surface area contributed by atoms with Crippen molar-refractivity contribution in [3.63, 3.8) is 0 Å². The molecule has 0 radical (unpaired) electrons. The number of allylic oxidation sites excluding steroid dienone is 4. The van der Waals surface area contributed by atoms with Crippen LogP contribution < -0.4 is 28.1 Å². The summed E-state index contributed by atoms with van der Waals surface area (Å²) in [5.74, 6) is -0.536. The van der Waals surface area contributed by atoms with Crippen LogP contribution in [-0.2, 0) is 28.8 Å². The van der Waals surface area contributed by atoms with E-state index in [4.69, 9.17) is 0 Å². The molecule has 0 fully saturated rings. The smallest absolute Gasteiger partial charge is 1.00 e. The van der Waals surface area contributed by atoms with E-state index in [0.717, 1.165) is 12.8 Å². The Morgan fingerprint density at radius 1 is 0.857 bits per heavy atom. The van der Waals surface area contributed by atoms with Crippen LogP contribution in [0.3, 0.4) is 0 Å². The largest absolute Gasteiger partial charge is 1.00 e. The van der Waals surface area contributed by atoms with E-state index in [-0.39, 0.29) is 24.8 Å². The van der Waals surface area contributed by atoms with Crippen LogP contribution in [0, 0.1) is 27.7 Å². The Balaban J connectivity index is 0.00000140. The van der Waals surface area contributed by atoms with Gasteiger partial charge in [-0.2, -0.15) is 0 Å². The van der Waals surface area contributed by atoms with Crippen molar-refractivity contribution in [2.75, 3.05) is 0 Å². The van der Waals surface area contributed by atoms with Crippen LogP contribution >= 0.6 is 0 Å². The Bertz CT molecular complexity index is 987. The molecule has 0 aliphatic heterocycles. The minimum Gasteiger partial charge on any atom is -1.00 e. The van der Waals surface area contributed by atoms with E-state index in [9.17, 15) is 0 Å². The fraction of sp³-hybridized carbons (Fsp3) is 0.333. The fourth-order valence-electron chi connectivity index (χ4n) is 4.62. The Hall–Kier alpha value is -0.400. The first-order chi connectivity index (χ1) is 12.4. The molecule has 2 aromatic carbocycles. The zero-order valence-electron chi connectivity index (χ0n) is 17.6. The zero-order valence-corrected chi connectivity index (χ0v) is 22.8. The molecule has 0 N–H and O–H groups in total. The predicted molar refractivity (Wildman–Crippen MR) is 114 cm³/mol. The van der Waals surface area contributed by atoms with Gasteiger partial charge in [-0.3, -0.25) is 0 Å². The number of benzene rings is 2. The van der Waals surface area contributed by atoms with Gasteiger partial charge in [0, 0.05) is 0 Å². The number of halogens is 2. The van der Waals surface area contributed by atoms with Gasteiger partial charge in [0.25, 0.3) is 0 Å². The van der Waals surface area contributed by atoms with Crippen molar-refractivity contribution in [2.24, 2.45) is 0 Å². The molecule has 0 unspecified atom stereocenters. The molecule has 0 aromatic heterocycles. The average molecular weight is 507 g/mol. The van der Waals surface area contributed by atoms with Crippen LogP contribution in [0.25, 0.3) is 16.7 Å². The standard InChI is InChI=1S/C22H21.C2H7Si.2ClH.Zr/c1-13-9-10-18-11-19-12-20(17-7-5-6-8-17)15(3)16(4)22(19)21(18)14(13)2;1-3-2;;;/h5-7,9-10H,8,11H2,1-4H3;3H,1-2H3;2*1H;/q;;;;+2/p-2. The maximum Gasteiger partial charge on any atom is -1.00 e. The van der Waals surface area contributed by atoms with E-state index < -0.39 is 28.3 Å². The van der Waals surface area contributed by atoms with Crippen molar-refractivity contribution >= 4 is 14.8 Å². The maximum atomic E-state index is 2.57. The average Bonchev–Trinajstić information content (AvgIpc) is 3.23. The molecule has 0 saturated heterocycles. The van der Waals surface area contributed by atoms with Crippen molar-refractivity contribution in [3.8, 4) is 11.1 Å². The third kappa shape index (κ3) is 3.83. The van der Waals surface area contributed by atoms with Gasteiger partial charge in [0.15, 0.2) is 0 Å². The molecule has 4 rings (SSSR count). The first kappa shape index (κ1) is 23.9. The van der Waals surface area contributed by atoms with E-state index in [1.807, 2.05) is 3.27 Å². The first-order valence-corrected chi connectivity index (χ1v) is 18.2. The summed E-state index contributed by atoms with van der Waals surface area (Å²) in [6, 6.07) is 4.72. The molecule has 4 heteroatoms. The van der Waals surface area contributed by atoms with Crippen molar-refractivity contribution in [3.05, 3.63) is 69.3 Å². The van der Waals surface area contributed by atoms with E-state index in [1.165, 1.54) is 16.7 Å². The van der Waals surface area contributed by atoms with Crippen molar-refractivity contribution in [1.82, 2.24) is 0 Å². The molecule has 2 aliphatic rings. The fourth-order valence-corrected chi connectivity index (χ4v) is 13.5. The number of hydrogen-bond acceptors (Lipinski definition) is 0. The Kier molecular flexibility index (Phi) is 7.82. The molecule has 0 spiro atoms. The van der Waals surface area contributed by atoms with E-state index in [2.05, 4.69) is 71.1 Å². The topological polar surface area (TPSA) is 0 Å². The van der Waals surface area contributed by atoms with Gasteiger partial charge in [-0.05, 0) is 0 Å². The third-order valence-electron chi connectivity index (χ3n) is 6.13. The molecule has 0 saturated carbocycles. The molecule has 28 heavy (non-hydrogen) atoms. The van der Waals surface area contributed by atoms with Gasteiger partial charge < -0.3 is 24.8 Å². The van der Waals surface area contributed by atoms with Gasteiger partial charge in [0.2, 0.25) is 0 Å². The van der Waals surface area contributed by atoms with Gasteiger partial charge in [-0.1, -0.05) is 0 Å². The SMILES string of the molecule is Cc1ccc2c(c1C)-c1c(C)c(C)c(C3=CC=CC3)[c]([Zr+2][SiH](C)C)c1C2.[Cl-].[Cl-]. The Labute approximate surface area is 194 Å². The second kappa shape index (κ2) is 9.17. The van der Waals surface area contributed by atoms with Crippen LogP contribution in [0.15, 0.2) is 30.4 Å². The third-order valence-corrected chi connectivity index (χ3v) is 14.7. The minimum absolute atomic E-state index is 0. The van der Waals surface area contributed by atoms with Crippen molar-refractivity contribution in [2.45, 2.75) is 53.6 Å². The monoisotopic (exact) mass is 504 g/mol. The molecule has 0 nitrogen and oxygen atoms in total. The second-order valence-corrected chi connectivity index (χ2v) is 22.7. The summed E-state index contributed by atoms with van der Waals surface area (Å²) < 4.78 is 1.84. The van der Waals surface area contributed by atoms with Gasteiger partial charge in [0.1, 0.15) is 0 Å². The minimum atomic E-state index is -0.536. The summed E-state index contributed by atoms with van der Waals surface area (Å²) in [6.07, 6.45) is 9.23. The first-order valence-electron chi connectivity index (χ1n) is 9.78. The molecule has 0 bridgehead atoms. The number of aryl methyl sites for hydroxylation is 1. The molecular formula is C24H28Cl2SiZr. The van der Waals surface area contributed by atoms with Crippen molar-refractivity contribution in [1.29, 1.82) is 0 Å². The Morgan fingerprint density at radius 3 is 2.14 bits per heavy atom. The molecule has 0 amide bonds. The normalized spacial score (nSPS) is 13.5. The molecule has 146 valence electrons. The quantitative estimate of drug-likeness (QED) is 0.422. The molecule has 2 aromatic rings. The number of hydrogen-bond donors (Lipinski definition) is 0. The Morgan fingerprint density at radius 2 is 1.54 bits per heavy atom. The van der Waals surface area contributed by atoms with Crippen LogP contribution in [0.5, 0.6) is 0 Å². The van der Waals surface area contributed by atoms with Gasteiger partial charge in [-0.25, -0.2) is 0 Å². The van der Waals surface area contributed by atoms with Crippen LogP contribution in [0.1, 0.15) is 45.4 Å². The van der Waals surface area contributed by atoms with E-state index >= 15 is 0 Å².